The number of carboxylic acid groups (broad SMARTS) is 2. The van der Waals surface area contributed by atoms with Crippen molar-refractivity contribution >= 4 is 11.9 Å². The van der Waals surface area contributed by atoms with E-state index in [9.17, 15) is 19.8 Å². The molecule has 6 N–H and O–H groups in total. The Balaban J connectivity index is 0.000000233. The second-order valence-electron chi connectivity index (χ2n) is 15.5. The average Bonchev–Trinajstić information content (AvgIpc) is 4.07. The van der Waals surface area contributed by atoms with Crippen LogP contribution in [0.2, 0.25) is 0 Å². The van der Waals surface area contributed by atoms with Gasteiger partial charge in [-0.3, -0.25) is 19.1 Å². The molecule has 0 aliphatic heterocycles. The molecular weight excluding hydrogens is 1010 g/mol. The van der Waals surface area contributed by atoms with Gasteiger partial charge in [0.1, 0.15) is 22.9 Å². The summed E-state index contributed by atoms with van der Waals surface area (Å²) < 4.78 is 14.6. The largest absolute Gasteiger partial charge is 2.00 e. The second-order valence-corrected chi connectivity index (χ2v) is 15.5. The van der Waals surface area contributed by atoms with Crippen LogP contribution in [0.25, 0.3) is 57.2 Å². The van der Waals surface area contributed by atoms with Crippen LogP contribution in [-0.4, -0.2) is 86.8 Å². The molecule has 0 bridgehead atoms. The van der Waals surface area contributed by atoms with Gasteiger partial charge < -0.3 is 40.9 Å². The van der Waals surface area contributed by atoms with Gasteiger partial charge in [-0.25, -0.2) is 9.59 Å². The van der Waals surface area contributed by atoms with Gasteiger partial charge in [0.2, 0.25) is 0 Å². The molecule has 1 radical (unpaired) electrons. The molecule has 0 saturated heterocycles. The SMILES string of the molecule is COc1ccc(-c2nnc(-c3ccccn3)n2-c2ccc(C)cc2)cc1.COc1ccc(-c2nnc(-c3ccccn3)n2-c2ccc(C)cc2)cc1.O.O.O=C(O)c1ccccc1[O-].O=C(O)c1ccccc1[O-].[Cu+2]. The van der Waals surface area contributed by atoms with Crippen LogP contribution < -0.4 is 19.7 Å². The summed E-state index contributed by atoms with van der Waals surface area (Å²) in [5.74, 6) is 1.30. The summed E-state index contributed by atoms with van der Waals surface area (Å²) in [5.41, 5.74) is 7.51. The van der Waals surface area contributed by atoms with Gasteiger partial charge in [-0.05, 0) is 123 Å². The summed E-state index contributed by atoms with van der Waals surface area (Å²) in [7, 11) is 3.31. The smallest absolute Gasteiger partial charge is 0.872 e. The van der Waals surface area contributed by atoms with Crippen molar-refractivity contribution in [2.24, 2.45) is 0 Å². The molecule has 0 fully saturated rings. The maximum Gasteiger partial charge on any atom is 2.00 e. The quantitative estimate of drug-likeness (QED) is 0.123. The van der Waals surface area contributed by atoms with Crippen LogP contribution in [0, 0.1) is 13.8 Å². The van der Waals surface area contributed by atoms with Gasteiger partial charge >= 0.3 is 29.0 Å². The number of aromatic nitrogens is 8. The third-order valence-electron chi connectivity index (χ3n) is 10.6. The number of ether oxygens (including phenoxy) is 2. The maximum absolute atomic E-state index is 10.7. The topological polar surface area (TPSA) is 289 Å². The molecule has 0 spiro atoms. The summed E-state index contributed by atoms with van der Waals surface area (Å²) in [6.07, 6.45) is 3.52. The Morgan fingerprint density at radius 3 is 1.04 bits per heavy atom. The van der Waals surface area contributed by atoms with Crippen molar-refractivity contribution in [1.29, 1.82) is 0 Å². The molecule has 0 aliphatic carbocycles. The minimum Gasteiger partial charge on any atom is -0.872 e. The normalized spacial score (nSPS) is 9.87. The number of rotatable bonds is 10. The Kier molecular flexibility index (Phi) is 21.6. The third kappa shape index (κ3) is 14.8. The van der Waals surface area contributed by atoms with Gasteiger partial charge in [-0.1, -0.05) is 95.4 Å². The van der Waals surface area contributed by atoms with Gasteiger partial charge in [-0.15, -0.1) is 20.4 Å². The summed E-state index contributed by atoms with van der Waals surface area (Å²) in [6, 6.07) is 54.8. The number of pyridine rings is 2. The first kappa shape index (κ1) is 58.1. The van der Waals surface area contributed by atoms with E-state index in [-0.39, 0.29) is 39.1 Å². The van der Waals surface area contributed by atoms with Crippen LogP contribution in [0.4, 0.5) is 0 Å². The number of nitrogens with zero attached hydrogens (tertiary/aromatic N) is 8. The first-order valence-electron chi connectivity index (χ1n) is 22.1. The van der Waals surface area contributed by atoms with Gasteiger partial charge in [0.05, 0.1) is 25.3 Å². The number of hydrogen-bond donors (Lipinski definition) is 2. The molecule has 0 saturated carbocycles. The Morgan fingerprint density at radius 1 is 0.440 bits per heavy atom. The molecule has 0 atom stereocenters. The molecule has 0 amide bonds. The van der Waals surface area contributed by atoms with E-state index in [1.165, 1.54) is 59.7 Å². The average molecular weight is 1060 g/mol. The van der Waals surface area contributed by atoms with Crippen LogP contribution in [0.1, 0.15) is 31.8 Å². The van der Waals surface area contributed by atoms with E-state index >= 15 is 0 Å². The zero-order valence-corrected chi connectivity index (χ0v) is 41.6. The van der Waals surface area contributed by atoms with E-state index in [1.54, 1.807) is 26.6 Å². The number of para-hydroxylation sites is 2. The van der Waals surface area contributed by atoms with E-state index in [4.69, 9.17) is 19.7 Å². The van der Waals surface area contributed by atoms with Crippen molar-refractivity contribution in [1.82, 2.24) is 39.5 Å². The molecule has 4 aromatic heterocycles. The fourth-order valence-corrected chi connectivity index (χ4v) is 6.91. The molecule has 0 unspecified atom stereocenters. The van der Waals surface area contributed by atoms with Gasteiger partial charge in [0.15, 0.2) is 23.3 Å². The molecule has 18 nitrogen and oxygen atoms in total. The van der Waals surface area contributed by atoms with Crippen molar-refractivity contribution in [3.63, 3.8) is 0 Å². The third-order valence-corrected chi connectivity index (χ3v) is 10.6. The maximum atomic E-state index is 10.7. The first-order chi connectivity index (χ1) is 34.9. The van der Waals surface area contributed by atoms with Crippen molar-refractivity contribution < 1.29 is 67.5 Å². The summed E-state index contributed by atoms with van der Waals surface area (Å²) >= 11 is 0. The number of carboxylic acids is 2. The Hall–Kier alpha value is -9.52. The fraction of sp³-hybridized carbons (Fsp3) is 0.0714. The van der Waals surface area contributed by atoms with Crippen LogP contribution in [-0.2, 0) is 17.1 Å². The predicted octanol–water partition coefficient (Wildman–Crippen LogP) is 7.89. The number of hydrogen-bond acceptors (Lipinski definition) is 12. The monoisotopic (exact) mass is 1060 g/mol. The molecular formula is C56H50CuN8O10. The summed E-state index contributed by atoms with van der Waals surface area (Å²) in [4.78, 5) is 29.3. The van der Waals surface area contributed by atoms with E-state index in [0.717, 1.165) is 57.0 Å². The zero-order chi connectivity index (χ0) is 51.0. The Morgan fingerprint density at radius 2 is 0.760 bits per heavy atom. The van der Waals surface area contributed by atoms with Crippen LogP contribution >= 0.6 is 0 Å². The molecule has 0 aliphatic rings. The number of methoxy groups -OCH3 is 2. The second kappa shape index (κ2) is 27.9. The van der Waals surface area contributed by atoms with Crippen molar-refractivity contribution in [3.8, 4) is 80.2 Å². The molecule has 10 aromatic rings. The van der Waals surface area contributed by atoms with E-state index in [2.05, 4.69) is 92.7 Å². The predicted molar refractivity (Wildman–Crippen MR) is 276 cm³/mol. The Labute approximate surface area is 442 Å². The molecule has 19 heteroatoms. The van der Waals surface area contributed by atoms with Crippen LogP contribution in [0.15, 0.2) is 194 Å². The molecule has 10 rings (SSSR count). The standard InChI is InChI=1S/2C21H18N4O.2C7H6O3.Cu.2H2O/c2*1-15-6-10-17(11-7-15)25-20(16-8-12-18(26-2)13-9-16)23-24-21(25)19-5-3-4-14-22-19;2*8-6-4-2-1-3-5(6)7(9)10;;;/h2*3-14H,1-2H3;2*1-4,8H,(H,9,10);;2*1H2/q;;;;+2;;/p-2. The van der Waals surface area contributed by atoms with E-state index in [1.807, 2.05) is 94.1 Å². The van der Waals surface area contributed by atoms with Crippen molar-refractivity contribution in [3.05, 3.63) is 217 Å². The molecule has 4 heterocycles. The minimum atomic E-state index is -1.18. The van der Waals surface area contributed by atoms with Crippen molar-refractivity contribution in [2.75, 3.05) is 14.2 Å². The van der Waals surface area contributed by atoms with Crippen LogP contribution in [0.5, 0.6) is 23.0 Å². The van der Waals surface area contributed by atoms with Crippen molar-refractivity contribution in [2.45, 2.75) is 13.8 Å². The summed E-state index contributed by atoms with van der Waals surface area (Å²) in [5, 5.41) is 55.8. The van der Waals surface area contributed by atoms with E-state index in [0.29, 0.717) is 11.6 Å². The number of carbonyl (C=O) groups is 2. The number of benzene rings is 6. The van der Waals surface area contributed by atoms with E-state index < -0.39 is 23.4 Å². The summed E-state index contributed by atoms with van der Waals surface area (Å²) in [6.45, 7) is 4.14. The zero-order valence-electron chi connectivity index (χ0n) is 40.7. The van der Waals surface area contributed by atoms with Crippen LogP contribution in [0.3, 0.4) is 0 Å². The van der Waals surface area contributed by atoms with Gasteiger partial charge in [-0.2, -0.15) is 0 Å². The molecule has 75 heavy (non-hydrogen) atoms. The fourth-order valence-electron chi connectivity index (χ4n) is 6.91. The molecule has 6 aromatic carbocycles. The number of aryl methyl sites for hydroxylation is 2. The Bertz CT molecular complexity index is 3140. The van der Waals surface area contributed by atoms with Gasteiger partial charge in [0.25, 0.3) is 0 Å². The van der Waals surface area contributed by atoms with Gasteiger partial charge in [0, 0.05) is 34.9 Å². The number of aromatic carboxylic acids is 2. The minimum absolute atomic E-state index is 0. The first-order valence-corrected chi connectivity index (χ1v) is 22.1. The molecule has 385 valence electrons.